The molecule has 0 spiro atoms. The molecule has 1 aliphatic heterocycles. The van der Waals surface area contributed by atoms with Gasteiger partial charge >= 0.3 is 0 Å². The molecule has 0 saturated carbocycles. The van der Waals surface area contributed by atoms with Crippen LogP contribution in [0.25, 0.3) is 0 Å². The monoisotopic (exact) mass is 398 g/mol. The Morgan fingerprint density at radius 3 is 2.66 bits per heavy atom. The number of nitrogens with one attached hydrogen (secondary N) is 1. The van der Waals surface area contributed by atoms with E-state index >= 15 is 0 Å². The lowest BCUT2D eigenvalue weighted by atomic mass is 9.85. The maximum atomic E-state index is 14.3. The lowest BCUT2D eigenvalue weighted by Crippen LogP contribution is -2.39. The first kappa shape index (κ1) is 20.7. The van der Waals surface area contributed by atoms with Crippen LogP contribution in [-0.4, -0.2) is 29.2 Å². The average Bonchev–Trinajstić information content (AvgIpc) is 3.02. The summed E-state index contributed by atoms with van der Waals surface area (Å²) in [7, 11) is 0. The van der Waals surface area contributed by atoms with Crippen LogP contribution in [0, 0.1) is 11.3 Å². The van der Waals surface area contributed by atoms with Crippen molar-refractivity contribution in [2.24, 2.45) is 4.99 Å². The molecule has 7 heteroatoms. The number of amides is 1. The Kier molecular flexibility index (Phi) is 5.31. The number of benzene rings is 1. The third-order valence-corrected chi connectivity index (χ3v) is 5.48. The van der Waals surface area contributed by atoms with Crippen LogP contribution < -0.4 is 5.32 Å². The second-order valence-electron chi connectivity index (χ2n) is 8.21. The molecule has 0 bridgehead atoms. The van der Waals surface area contributed by atoms with Gasteiger partial charge in [-0.05, 0) is 51.3 Å². The molecule has 1 amide bonds. The van der Waals surface area contributed by atoms with Gasteiger partial charge in [0, 0.05) is 0 Å². The van der Waals surface area contributed by atoms with Crippen molar-refractivity contribution in [3.63, 3.8) is 0 Å². The Bertz CT molecular complexity index is 956. The zero-order chi connectivity index (χ0) is 21.4. The van der Waals surface area contributed by atoms with Gasteiger partial charge in [-0.15, -0.1) is 0 Å². The smallest absolute Gasteiger partial charge is 0.240 e. The number of fused-ring (bicyclic) bond motifs is 1. The van der Waals surface area contributed by atoms with Crippen LogP contribution in [0.4, 0.5) is 8.78 Å². The van der Waals surface area contributed by atoms with Crippen molar-refractivity contribution in [1.82, 2.24) is 10.2 Å². The van der Waals surface area contributed by atoms with Gasteiger partial charge in [0.15, 0.2) is 11.7 Å². The maximum Gasteiger partial charge on any atom is 0.240 e. The van der Waals surface area contributed by atoms with Gasteiger partial charge in [-0.25, -0.2) is 8.78 Å². The summed E-state index contributed by atoms with van der Waals surface area (Å²) >= 11 is 0. The maximum absolute atomic E-state index is 14.3. The molecule has 2 aliphatic rings. The van der Waals surface area contributed by atoms with E-state index in [1.807, 2.05) is 45.0 Å². The summed E-state index contributed by atoms with van der Waals surface area (Å²) in [6.07, 6.45) is 2.82. The number of carbonyl (C=O) groups excluding carboxylic acids is 1. The van der Waals surface area contributed by atoms with E-state index in [1.54, 1.807) is 6.92 Å². The molecule has 0 radical (unpaired) electrons. The average molecular weight is 398 g/mol. The van der Waals surface area contributed by atoms with Gasteiger partial charge in [0.05, 0.1) is 29.6 Å². The number of hydrogen-bond donors (Lipinski definition) is 1. The summed E-state index contributed by atoms with van der Waals surface area (Å²) < 4.78 is 28.0. The van der Waals surface area contributed by atoms with Gasteiger partial charge in [0.1, 0.15) is 12.1 Å². The molecule has 1 heterocycles. The Hall–Kier alpha value is -3.01. The molecule has 1 aliphatic carbocycles. The first-order chi connectivity index (χ1) is 13.6. The third kappa shape index (κ3) is 3.93. The van der Waals surface area contributed by atoms with Crippen molar-refractivity contribution in [3.8, 4) is 6.07 Å². The van der Waals surface area contributed by atoms with E-state index in [0.717, 1.165) is 11.1 Å². The topological polar surface area (TPSA) is 68.5 Å². The summed E-state index contributed by atoms with van der Waals surface area (Å²) in [5.41, 5.74) is 0.393. The fourth-order valence-corrected chi connectivity index (χ4v) is 3.53. The third-order valence-electron chi connectivity index (χ3n) is 5.48. The zero-order valence-electron chi connectivity index (χ0n) is 17.0. The fourth-order valence-electron chi connectivity index (χ4n) is 3.53. The van der Waals surface area contributed by atoms with Crippen LogP contribution in [0.3, 0.4) is 0 Å². The first-order valence-electron chi connectivity index (χ1n) is 9.47. The molecule has 0 fully saturated rings. The van der Waals surface area contributed by atoms with Crippen LogP contribution in [0.5, 0.6) is 0 Å². The lowest BCUT2D eigenvalue weighted by molar-refractivity contribution is -0.121. The minimum Gasteiger partial charge on any atom is -0.348 e. The van der Waals surface area contributed by atoms with Crippen LogP contribution >= 0.6 is 0 Å². The van der Waals surface area contributed by atoms with E-state index in [1.165, 1.54) is 17.3 Å². The molecule has 29 heavy (non-hydrogen) atoms. The predicted octanol–water partition coefficient (Wildman–Crippen LogP) is 4.21. The highest BCUT2D eigenvalue weighted by Gasteiger charge is 2.42. The van der Waals surface area contributed by atoms with Crippen LogP contribution in [0.1, 0.15) is 51.3 Å². The van der Waals surface area contributed by atoms with Crippen molar-refractivity contribution in [3.05, 3.63) is 58.8 Å². The molecule has 2 atom stereocenters. The summed E-state index contributed by atoms with van der Waals surface area (Å²) in [6, 6.07) is 9.46. The van der Waals surface area contributed by atoms with Crippen molar-refractivity contribution in [2.45, 2.75) is 51.1 Å². The van der Waals surface area contributed by atoms with Crippen molar-refractivity contribution in [2.75, 3.05) is 6.54 Å². The molecule has 152 valence electrons. The number of hydrogen-bond acceptors (Lipinski definition) is 4. The minimum atomic E-state index is -0.965. The van der Waals surface area contributed by atoms with Gasteiger partial charge in [-0.1, -0.05) is 24.3 Å². The highest BCUT2D eigenvalue weighted by molar-refractivity contribution is 5.82. The van der Waals surface area contributed by atoms with Gasteiger partial charge in [0.2, 0.25) is 5.91 Å². The number of carbonyl (C=O) groups is 1. The number of nitriles is 1. The van der Waals surface area contributed by atoms with E-state index in [-0.39, 0.29) is 30.6 Å². The predicted molar refractivity (Wildman–Crippen MR) is 107 cm³/mol. The summed E-state index contributed by atoms with van der Waals surface area (Å²) in [5, 5.41) is 12.1. The standard InChI is InChI=1S/C22H24F2N4O/c1-14(15-5-7-16(8-6-15)21(2,3)12-25)27-18(29)11-28-13-26-22(4)10-9-17(23)19(24)20(22)28/h5-9,13-14H,10-11H2,1-4H3,(H,27,29). The number of halogens is 2. The SMILES string of the molecule is CC(NC(=O)CN1C=NC2(C)CC=C(F)C(F)=C12)c1ccc(C(C)(C)C#N)cc1. The highest BCUT2D eigenvalue weighted by Crippen LogP contribution is 2.41. The number of nitrogens with zero attached hydrogens (tertiary/aromatic N) is 3. The fraction of sp³-hybridized carbons (Fsp3) is 0.409. The quantitative estimate of drug-likeness (QED) is 0.808. The summed E-state index contributed by atoms with van der Waals surface area (Å²) in [6.45, 7) is 7.09. The number of aliphatic imine (C=N–C) groups is 1. The molecule has 2 unspecified atom stereocenters. The molecule has 5 nitrogen and oxygen atoms in total. The number of rotatable bonds is 5. The second kappa shape index (κ2) is 7.43. The van der Waals surface area contributed by atoms with Crippen molar-refractivity contribution >= 4 is 12.2 Å². The summed E-state index contributed by atoms with van der Waals surface area (Å²) in [5.74, 6) is -2.21. The lowest BCUT2D eigenvalue weighted by Gasteiger charge is -2.29. The van der Waals surface area contributed by atoms with Crippen LogP contribution in [0.2, 0.25) is 0 Å². The van der Waals surface area contributed by atoms with Crippen molar-refractivity contribution < 1.29 is 13.6 Å². The van der Waals surface area contributed by atoms with Crippen LogP contribution in [-0.2, 0) is 10.2 Å². The molecule has 3 rings (SSSR count). The zero-order valence-corrected chi connectivity index (χ0v) is 17.0. The van der Waals surface area contributed by atoms with E-state index < -0.39 is 22.6 Å². The molecule has 1 N–H and O–H groups in total. The van der Waals surface area contributed by atoms with Crippen molar-refractivity contribution in [1.29, 1.82) is 5.26 Å². The normalized spacial score (nSPS) is 22.1. The molecule has 1 aromatic rings. The van der Waals surface area contributed by atoms with Crippen LogP contribution in [0.15, 0.2) is 52.7 Å². The molecular weight excluding hydrogens is 374 g/mol. The van der Waals surface area contributed by atoms with E-state index in [0.29, 0.717) is 0 Å². The van der Waals surface area contributed by atoms with Gasteiger partial charge in [-0.3, -0.25) is 9.79 Å². The number of allylic oxidation sites excluding steroid dienone is 2. The van der Waals surface area contributed by atoms with E-state index in [2.05, 4.69) is 16.4 Å². The largest absolute Gasteiger partial charge is 0.348 e. The second-order valence-corrected chi connectivity index (χ2v) is 8.21. The molecule has 0 aromatic heterocycles. The Morgan fingerprint density at radius 1 is 1.38 bits per heavy atom. The van der Waals surface area contributed by atoms with Gasteiger partial charge < -0.3 is 10.2 Å². The highest BCUT2D eigenvalue weighted by atomic mass is 19.2. The molecule has 0 saturated heterocycles. The Morgan fingerprint density at radius 2 is 2.03 bits per heavy atom. The Balaban J connectivity index is 1.67. The molecule has 1 aromatic carbocycles. The van der Waals surface area contributed by atoms with E-state index in [9.17, 15) is 18.8 Å². The van der Waals surface area contributed by atoms with E-state index in [4.69, 9.17) is 0 Å². The van der Waals surface area contributed by atoms with Gasteiger partial charge in [-0.2, -0.15) is 5.26 Å². The Labute approximate surface area is 169 Å². The van der Waals surface area contributed by atoms with Gasteiger partial charge in [0.25, 0.3) is 0 Å². The minimum absolute atomic E-state index is 0.0865. The molecular formula is C22H24F2N4O. The first-order valence-corrected chi connectivity index (χ1v) is 9.47. The summed E-state index contributed by atoms with van der Waals surface area (Å²) in [4.78, 5) is 18.1.